The number of pyridine rings is 1. The Morgan fingerprint density at radius 3 is 2.76 bits per heavy atom. The molecule has 2 amide bonds. The van der Waals surface area contributed by atoms with Crippen LogP contribution < -0.4 is 11.1 Å². The van der Waals surface area contributed by atoms with Crippen molar-refractivity contribution in [3.8, 4) is 0 Å². The predicted octanol–water partition coefficient (Wildman–Crippen LogP) is -0.142. The lowest BCUT2D eigenvalue weighted by molar-refractivity contribution is -0.385. The molecule has 8 nitrogen and oxygen atoms in total. The lowest BCUT2D eigenvalue weighted by atomic mass is 10.2. The fraction of sp³-hybridized carbons (Fsp3) is 0.125. The van der Waals surface area contributed by atoms with E-state index in [-0.39, 0.29) is 5.56 Å². The summed E-state index contributed by atoms with van der Waals surface area (Å²) in [6, 6.07) is 1.13. The van der Waals surface area contributed by atoms with Crippen LogP contribution in [-0.2, 0) is 4.79 Å². The molecule has 0 aliphatic carbocycles. The summed E-state index contributed by atoms with van der Waals surface area (Å²) in [7, 11) is 0. The summed E-state index contributed by atoms with van der Waals surface area (Å²) in [6.07, 6.45) is 1.15. The molecule has 0 bridgehead atoms. The van der Waals surface area contributed by atoms with Crippen molar-refractivity contribution in [1.29, 1.82) is 0 Å². The van der Waals surface area contributed by atoms with E-state index in [2.05, 4.69) is 10.3 Å². The standard InChI is InChI=1S/C8H7ClN4O4/c9-7-6(13(16)17)4(1-2-11-7)8(15)12-3-5(10)14/h1-2H,3H2,(H2,10,14)(H,12,15). The zero-order chi connectivity index (χ0) is 13.0. The van der Waals surface area contributed by atoms with Gasteiger partial charge in [-0.3, -0.25) is 19.7 Å². The number of nitrogens with two attached hydrogens (primary N) is 1. The summed E-state index contributed by atoms with van der Waals surface area (Å²) in [5, 5.41) is 12.4. The Balaban J connectivity index is 3.05. The number of primary amides is 1. The number of carbonyl (C=O) groups excluding carboxylic acids is 2. The Morgan fingerprint density at radius 2 is 2.24 bits per heavy atom. The highest BCUT2D eigenvalue weighted by Gasteiger charge is 2.24. The Bertz CT molecular complexity index is 490. The molecule has 17 heavy (non-hydrogen) atoms. The van der Waals surface area contributed by atoms with Crippen LogP contribution in [0.15, 0.2) is 12.3 Å². The highest BCUT2D eigenvalue weighted by atomic mass is 35.5. The van der Waals surface area contributed by atoms with Gasteiger partial charge in [0.2, 0.25) is 11.1 Å². The molecule has 0 atom stereocenters. The first-order valence-corrected chi connectivity index (χ1v) is 4.66. The Labute approximate surface area is 99.9 Å². The third-order valence-corrected chi connectivity index (χ3v) is 2.01. The van der Waals surface area contributed by atoms with Gasteiger partial charge in [0.05, 0.1) is 11.5 Å². The van der Waals surface area contributed by atoms with Crippen LogP contribution in [0.25, 0.3) is 0 Å². The Hall–Kier alpha value is -2.22. The molecule has 1 heterocycles. The Kier molecular flexibility index (Phi) is 3.94. The van der Waals surface area contributed by atoms with Gasteiger partial charge in [0.15, 0.2) is 0 Å². The minimum atomic E-state index is -0.825. The fourth-order valence-corrected chi connectivity index (χ4v) is 1.28. The van der Waals surface area contributed by atoms with E-state index >= 15 is 0 Å². The van der Waals surface area contributed by atoms with E-state index in [1.54, 1.807) is 0 Å². The van der Waals surface area contributed by atoms with Gasteiger partial charge in [-0.05, 0) is 6.07 Å². The SMILES string of the molecule is NC(=O)CNC(=O)c1ccnc(Cl)c1[N+](=O)[O-]. The van der Waals surface area contributed by atoms with Crippen molar-refractivity contribution in [1.82, 2.24) is 10.3 Å². The van der Waals surface area contributed by atoms with Gasteiger partial charge in [-0.15, -0.1) is 0 Å². The summed E-state index contributed by atoms with van der Waals surface area (Å²) in [5.74, 6) is -1.58. The van der Waals surface area contributed by atoms with Crippen molar-refractivity contribution in [2.24, 2.45) is 5.73 Å². The van der Waals surface area contributed by atoms with Crippen LogP contribution >= 0.6 is 11.6 Å². The number of nitrogens with one attached hydrogen (secondary N) is 1. The Morgan fingerprint density at radius 1 is 1.59 bits per heavy atom. The summed E-state index contributed by atoms with van der Waals surface area (Å²) < 4.78 is 0. The van der Waals surface area contributed by atoms with E-state index in [9.17, 15) is 19.7 Å². The van der Waals surface area contributed by atoms with Crippen molar-refractivity contribution in [3.05, 3.63) is 33.1 Å². The number of hydrogen-bond acceptors (Lipinski definition) is 5. The van der Waals surface area contributed by atoms with E-state index in [1.807, 2.05) is 0 Å². The van der Waals surface area contributed by atoms with Gasteiger partial charge in [0.1, 0.15) is 5.56 Å². The van der Waals surface area contributed by atoms with Crippen molar-refractivity contribution in [2.45, 2.75) is 0 Å². The van der Waals surface area contributed by atoms with Crippen LogP contribution in [0, 0.1) is 10.1 Å². The molecular weight excluding hydrogens is 252 g/mol. The van der Waals surface area contributed by atoms with Crippen molar-refractivity contribution < 1.29 is 14.5 Å². The van der Waals surface area contributed by atoms with Crippen LogP contribution in [0.1, 0.15) is 10.4 Å². The maximum absolute atomic E-state index is 11.5. The summed E-state index contributed by atoms with van der Waals surface area (Å²) in [5.41, 5.74) is 3.92. The third-order valence-electron chi connectivity index (χ3n) is 1.73. The highest BCUT2D eigenvalue weighted by Crippen LogP contribution is 2.25. The molecular formula is C8H7ClN4O4. The number of nitro groups is 1. The second-order valence-corrected chi connectivity index (χ2v) is 3.26. The zero-order valence-electron chi connectivity index (χ0n) is 8.34. The van der Waals surface area contributed by atoms with Gasteiger partial charge < -0.3 is 11.1 Å². The first kappa shape index (κ1) is 12.8. The molecule has 0 radical (unpaired) electrons. The second kappa shape index (κ2) is 5.21. The van der Waals surface area contributed by atoms with Crippen molar-refractivity contribution in [3.63, 3.8) is 0 Å². The first-order chi connectivity index (χ1) is 7.93. The minimum absolute atomic E-state index is 0.281. The number of aromatic nitrogens is 1. The van der Waals surface area contributed by atoms with Crippen LogP contribution in [0.5, 0.6) is 0 Å². The monoisotopic (exact) mass is 258 g/mol. The molecule has 0 aliphatic rings. The molecule has 0 fully saturated rings. The molecule has 3 N–H and O–H groups in total. The number of carbonyl (C=O) groups is 2. The minimum Gasteiger partial charge on any atom is -0.368 e. The molecule has 9 heteroatoms. The van der Waals surface area contributed by atoms with Crippen LogP contribution in [-0.4, -0.2) is 28.3 Å². The lowest BCUT2D eigenvalue weighted by Gasteiger charge is -2.04. The zero-order valence-corrected chi connectivity index (χ0v) is 9.10. The largest absolute Gasteiger partial charge is 0.368 e. The van der Waals surface area contributed by atoms with E-state index in [1.165, 1.54) is 0 Å². The normalized spacial score (nSPS) is 9.71. The van der Waals surface area contributed by atoms with E-state index in [4.69, 9.17) is 17.3 Å². The average Bonchev–Trinajstić information content (AvgIpc) is 2.24. The average molecular weight is 259 g/mol. The lowest BCUT2D eigenvalue weighted by Crippen LogP contribution is -2.33. The molecule has 0 aromatic carbocycles. The summed E-state index contributed by atoms with van der Waals surface area (Å²) in [4.78, 5) is 35.3. The summed E-state index contributed by atoms with van der Waals surface area (Å²) in [6.45, 7) is -0.421. The number of nitrogens with zero attached hydrogens (tertiary/aromatic N) is 2. The van der Waals surface area contributed by atoms with Crippen LogP contribution in [0.2, 0.25) is 5.15 Å². The van der Waals surface area contributed by atoms with Crippen molar-refractivity contribution in [2.75, 3.05) is 6.54 Å². The topological polar surface area (TPSA) is 128 Å². The van der Waals surface area contributed by atoms with Crippen molar-refractivity contribution >= 4 is 29.1 Å². The molecule has 1 aromatic rings. The molecule has 0 saturated carbocycles. The fourth-order valence-electron chi connectivity index (χ4n) is 1.05. The highest BCUT2D eigenvalue weighted by molar-refractivity contribution is 6.32. The molecule has 1 rings (SSSR count). The molecule has 0 unspecified atom stereocenters. The van der Waals surface area contributed by atoms with Crippen LogP contribution in [0.4, 0.5) is 5.69 Å². The van der Waals surface area contributed by atoms with Gasteiger partial charge in [0, 0.05) is 6.20 Å². The quantitative estimate of drug-likeness (QED) is 0.441. The first-order valence-electron chi connectivity index (χ1n) is 4.29. The molecule has 0 aliphatic heterocycles. The summed E-state index contributed by atoms with van der Waals surface area (Å²) >= 11 is 5.51. The maximum atomic E-state index is 11.5. The molecule has 0 spiro atoms. The van der Waals surface area contributed by atoms with E-state index in [0.717, 1.165) is 12.3 Å². The van der Waals surface area contributed by atoms with Crippen LogP contribution in [0.3, 0.4) is 0 Å². The van der Waals surface area contributed by atoms with Gasteiger partial charge >= 0.3 is 5.69 Å². The van der Waals surface area contributed by atoms with Gasteiger partial charge in [-0.25, -0.2) is 4.98 Å². The smallest absolute Gasteiger partial charge is 0.319 e. The van der Waals surface area contributed by atoms with E-state index < -0.39 is 34.1 Å². The number of rotatable bonds is 4. The van der Waals surface area contributed by atoms with Gasteiger partial charge in [-0.2, -0.15) is 0 Å². The number of halogens is 1. The second-order valence-electron chi connectivity index (χ2n) is 2.90. The number of amides is 2. The molecule has 1 aromatic heterocycles. The molecule has 90 valence electrons. The van der Waals surface area contributed by atoms with Gasteiger partial charge in [0.25, 0.3) is 5.91 Å². The number of hydrogen-bond donors (Lipinski definition) is 2. The van der Waals surface area contributed by atoms with Gasteiger partial charge in [-0.1, -0.05) is 11.6 Å². The predicted molar refractivity (Wildman–Crippen MR) is 57.4 cm³/mol. The van der Waals surface area contributed by atoms with E-state index in [0.29, 0.717) is 0 Å². The molecule has 0 saturated heterocycles. The maximum Gasteiger partial charge on any atom is 0.319 e. The third kappa shape index (κ3) is 3.11.